The van der Waals surface area contributed by atoms with Gasteiger partial charge in [-0.3, -0.25) is 4.98 Å². The quantitative estimate of drug-likeness (QED) is 0.836. The van der Waals surface area contributed by atoms with Crippen molar-refractivity contribution < 1.29 is 0 Å². The fraction of sp³-hybridized carbons (Fsp3) is 0.583. The molecule has 1 aromatic heterocycles. The maximum absolute atomic E-state index is 6.32. The van der Waals surface area contributed by atoms with E-state index in [2.05, 4.69) is 18.0 Å². The van der Waals surface area contributed by atoms with E-state index in [0.717, 1.165) is 11.3 Å². The van der Waals surface area contributed by atoms with Crippen molar-refractivity contribution >= 4 is 11.8 Å². The Labute approximate surface area is 95.7 Å². The number of aromatic nitrogens is 1. The molecule has 1 saturated heterocycles. The first-order valence-corrected chi connectivity index (χ1v) is 6.42. The molecule has 2 atom stereocenters. The molecule has 82 valence electrons. The van der Waals surface area contributed by atoms with Gasteiger partial charge in [0.15, 0.2) is 0 Å². The van der Waals surface area contributed by atoms with Crippen molar-refractivity contribution in [1.29, 1.82) is 0 Å². The Morgan fingerprint density at radius 1 is 1.53 bits per heavy atom. The first kappa shape index (κ1) is 11.0. The molecule has 2 rings (SSSR count). The molecule has 3 heteroatoms. The SMILES string of the molecule is Cc1ccc(C(N)C2(C)CCCS2)cn1. The molecule has 2 unspecified atom stereocenters. The number of aryl methyl sites for hydroxylation is 1. The summed E-state index contributed by atoms with van der Waals surface area (Å²) in [4.78, 5) is 4.31. The number of nitrogens with zero attached hydrogens (tertiary/aromatic N) is 1. The second kappa shape index (κ2) is 4.14. The van der Waals surface area contributed by atoms with Gasteiger partial charge in [0.1, 0.15) is 0 Å². The van der Waals surface area contributed by atoms with Crippen molar-refractivity contribution in [1.82, 2.24) is 4.98 Å². The number of pyridine rings is 1. The molecule has 2 nitrogen and oxygen atoms in total. The van der Waals surface area contributed by atoms with E-state index in [9.17, 15) is 0 Å². The maximum Gasteiger partial charge on any atom is 0.0456 e. The molecule has 0 amide bonds. The number of nitrogens with two attached hydrogens (primary N) is 1. The maximum atomic E-state index is 6.32. The van der Waals surface area contributed by atoms with Gasteiger partial charge in [-0.25, -0.2) is 0 Å². The van der Waals surface area contributed by atoms with E-state index < -0.39 is 0 Å². The molecule has 15 heavy (non-hydrogen) atoms. The van der Waals surface area contributed by atoms with Gasteiger partial charge >= 0.3 is 0 Å². The lowest BCUT2D eigenvalue weighted by molar-refractivity contribution is 0.501. The minimum Gasteiger partial charge on any atom is -0.323 e. The molecule has 1 fully saturated rings. The summed E-state index contributed by atoms with van der Waals surface area (Å²) in [6.07, 6.45) is 4.42. The van der Waals surface area contributed by atoms with Gasteiger partial charge in [0.2, 0.25) is 0 Å². The van der Waals surface area contributed by atoms with Gasteiger partial charge in [0.05, 0.1) is 0 Å². The van der Waals surface area contributed by atoms with E-state index in [0.29, 0.717) is 0 Å². The molecule has 0 saturated carbocycles. The highest BCUT2D eigenvalue weighted by molar-refractivity contribution is 8.00. The van der Waals surface area contributed by atoms with Gasteiger partial charge in [0, 0.05) is 22.7 Å². The van der Waals surface area contributed by atoms with Crippen LogP contribution in [-0.4, -0.2) is 15.5 Å². The smallest absolute Gasteiger partial charge is 0.0456 e. The molecule has 0 bridgehead atoms. The van der Waals surface area contributed by atoms with Gasteiger partial charge in [-0.15, -0.1) is 0 Å². The lowest BCUT2D eigenvalue weighted by Crippen LogP contribution is -2.33. The van der Waals surface area contributed by atoms with Crippen LogP contribution >= 0.6 is 11.8 Å². The average Bonchev–Trinajstić information content (AvgIpc) is 2.67. The predicted octanol–water partition coefficient (Wildman–Crippen LogP) is 2.68. The Balaban J connectivity index is 2.19. The molecule has 1 aliphatic rings. The van der Waals surface area contributed by atoms with Crippen molar-refractivity contribution in [2.75, 3.05) is 5.75 Å². The van der Waals surface area contributed by atoms with Crippen molar-refractivity contribution in [2.45, 2.75) is 37.5 Å². The summed E-state index contributed by atoms with van der Waals surface area (Å²) in [6, 6.07) is 4.26. The molecule has 1 aromatic rings. The zero-order chi connectivity index (χ0) is 10.9. The van der Waals surface area contributed by atoms with Gasteiger partial charge < -0.3 is 5.73 Å². The van der Waals surface area contributed by atoms with Crippen LogP contribution in [0.5, 0.6) is 0 Å². The molecule has 0 radical (unpaired) electrons. The summed E-state index contributed by atoms with van der Waals surface area (Å²) >= 11 is 2.00. The van der Waals surface area contributed by atoms with Crippen LogP contribution < -0.4 is 5.73 Å². The highest BCUT2D eigenvalue weighted by Crippen LogP contribution is 2.45. The molecule has 2 heterocycles. The molecule has 1 aliphatic heterocycles. The summed E-state index contributed by atoms with van der Waals surface area (Å²) in [5.74, 6) is 1.24. The summed E-state index contributed by atoms with van der Waals surface area (Å²) in [6.45, 7) is 4.27. The Hall–Kier alpha value is -0.540. The van der Waals surface area contributed by atoms with Crippen LogP contribution in [0.15, 0.2) is 18.3 Å². The van der Waals surface area contributed by atoms with Crippen LogP contribution in [0.3, 0.4) is 0 Å². The minimum absolute atomic E-state index is 0.109. The van der Waals surface area contributed by atoms with Crippen LogP contribution in [0.2, 0.25) is 0 Å². The Bertz CT molecular complexity index is 328. The van der Waals surface area contributed by atoms with Crippen LogP contribution in [0.4, 0.5) is 0 Å². The Morgan fingerprint density at radius 3 is 2.87 bits per heavy atom. The third kappa shape index (κ3) is 2.18. The molecule has 2 N–H and O–H groups in total. The lowest BCUT2D eigenvalue weighted by Gasteiger charge is -2.30. The Kier molecular flexibility index (Phi) is 3.03. The standard InChI is InChI=1S/C12H18N2S/c1-9-4-5-10(8-14-9)11(13)12(2)6-3-7-15-12/h4-5,8,11H,3,6-7,13H2,1-2H3. The summed E-state index contributed by atoms with van der Waals surface area (Å²) < 4.78 is 0.205. The fourth-order valence-electron chi connectivity index (χ4n) is 2.06. The number of hydrogen-bond acceptors (Lipinski definition) is 3. The van der Waals surface area contributed by atoms with E-state index >= 15 is 0 Å². The van der Waals surface area contributed by atoms with E-state index in [-0.39, 0.29) is 10.8 Å². The van der Waals surface area contributed by atoms with Crippen LogP contribution in [0.25, 0.3) is 0 Å². The number of thioether (sulfide) groups is 1. The zero-order valence-electron chi connectivity index (χ0n) is 9.36. The van der Waals surface area contributed by atoms with Crippen molar-refractivity contribution in [3.63, 3.8) is 0 Å². The summed E-state index contributed by atoms with van der Waals surface area (Å²) in [5, 5.41) is 0. The monoisotopic (exact) mass is 222 g/mol. The van der Waals surface area contributed by atoms with Crippen LogP contribution in [0.1, 0.15) is 37.1 Å². The Morgan fingerprint density at radius 2 is 2.33 bits per heavy atom. The molecule has 0 spiro atoms. The molecular weight excluding hydrogens is 204 g/mol. The highest BCUT2D eigenvalue weighted by Gasteiger charge is 2.36. The zero-order valence-corrected chi connectivity index (χ0v) is 10.2. The summed E-state index contributed by atoms with van der Waals surface area (Å²) in [5.41, 5.74) is 8.54. The van der Waals surface area contributed by atoms with E-state index in [4.69, 9.17) is 5.73 Å². The van der Waals surface area contributed by atoms with Crippen molar-refractivity contribution in [2.24, 2.45) is 5.73 Å². The van der Waals surface area contributed by atoms with E-state index in [1.165, 1.54) is 18.6 Å². The molecule has 0 aliphatic carbocycles. The number of hydrogen-bond donors (Lipinski definition) is 1. The second-order valence-corrected chi connectivity index (χ2v) is 6.10. The predicted molar refractivity (Wildman–Crippen MR) is 66.0 cm³/mol. The normalized spacial score (nSPS) is 27.9. The largest absolute Gasteiger partial charge is 0.323 e. The van der Waals surface area contributed by atoms with Crippen LogP contribution in [0, 0.1) is 6.92 Å². The topological polar surface area (TPSA) is 38.9 Å². The highest BCUT2D eigenvalue weighted by atomic mass is 32.2. The summed E-state index contributed by atoms with van der Waals surface area (Å²) in [7, 11) is 0. The first-order valence-electron chi connectivity index (χ1n) is 5.44. The van der Waals surface area contributed by atoms with E-state index in [1.807, 2.05) is 30.9 Å². The lowest BCUT2D eigenvalue weighted by atomic mass is 9.92. The van der Waals surface area contributed by atoms with Gasteiger partial charge in [-0.1, -0.05) is 6.07 Å². The second-order valence-electron chi connectivity index (χ2n) is 4.48. The first-order chi connectivity index (χ1) is 7.12. The minimum atomic E-state index is 0.109. The van der Waals surface area contributed by atoms with Gasteiger partial charge in [-0.2, -0.15) is 11.8 Å². The molecular formula is C12H18N2S. The number of rotatable bonds is 2. The third-order valence-corrected chi connectivity index (χ3v) is 4.81. The molecule has 0 aromatic carbocycles. The van der Waals surface area contributed by atoms with Crippen molar-refractivity contribution in [3.05, 3.63) is 29.6 Å². The van der Waals surface area contributed by atoms with Gasteiger partial charge in [0.25, 0.3) is 0 Å². The van der Waals surface area contributed by atoms with E-state index in [1.54, 1.807) is 0 Å². The fourth-order valence-corrected chi connectivity index (χ4v) is 3.42. The average molecular weight is 222 g/mol. The van der Waals surface area contributed by atoms with Crippen LogP contribution in [-0.2, 0) is 0 Å². The van der Waals surface area contributed by atoms with Gasteiger partial charge in [-0.05, 0) is 44.1 Å². The third-order valence-electron chi connectivity index (χ3n) is 3.20. The van der Waals surface area contributed by atoms with Crippen molar-refractivity contribution in [3.8, 4) is 0 Å².